The van der Waals surface area contributed by atoms with E-state index in [2.05, 4.69) is 4.98 Å². The molecule has 3 rings (SSSR count). The monoisotopic (exact) mass is 434 g/mol. The highest BCUT2D eigenvalue weighted by Gasteiger charge is 2.13. The maximum Gasteiger partial charge on any atom is 0.267 e. The lowest BCUT2D eigenvalue weighted by molar-refractivity contribution is 0.590. The maximum atomic E-state index is 13.2. The van der Waals surface area contributed by atoms with E-state index < -0.39 is 0 Å². The molecule has 3 aromatic rings. The summed E-state index contributed by atoms with van der Waals surface area (Å²) < 4.78 is 27.9. The summed E-state index contributed by atoms with van der Waals surface area (Å²) in [5, 5.41) is 2.49. The van der Waals surface area contributed by atoms with Gasteiger partial charge in [0.25, 0.3) is 5.56 Å². The van der Waals surface area contributed by atoms with Crippen molar-refractivity contribution in [2.75, 3.05) is 0 Å². The molecule has 0 radical (unpaired) electrons. The number of benzene rings is 1. The summed E-state index contributed by atoms with van der Waals surface area (Å²) in [5.41, 5.74) is 1.16. The van der Waals surface area contributed by atoms with Crippen LogP contribution in [0.4, 0.5) is 8.78 Å². The molecule has 0 fully saturated rings. The van der Waals surface area contributed by atoms with Gasteiger partial charge in [-0.2, -0.15) is 0 Å². The molecule has 0 spiro atoms. The number of halogens is 2. The quantitative estimate of drug-likeness (QED) is 0.334. The highest BCUT2D eigenvalue weighted by Crippen LogP contribution is 2.23. The summed E-state index contributed by atoms with van der Waals surface area (Å²) in [4.78, 5) is 16.8. The van der Waals surface area contributed by atoms with Crippen molar-refractivity contribution in [3.8, 4) is 5.69 Å². The molecule has 0 aliphatic carbocycles. The zero-order chi connectivity index (χ0) is 21.4. The summed E-state index contributed by atoms with van der Waals surface area (Å²) in [6.07, 6.45) is 6.87. The Bertz CT molecular complexity index is 1120. The van der Waals surface area contributed by atoms with Crippen LogP contribution in [0, 0.1) is 10.6 Å². The van der Waals surface area contributed by atoms with Gasteiger partial charge in [0.05, 0.1) is 16.9 Å². The van der Waals surface area contributed by atoms with Gasteiger partial charge in [-0.15, -0.1) is 11.3 Å². The largest absolute Gasteiger partial charge is 0.323 e. The Morgan fingerprint density at radius 1 is 1.24 bits per heavy atom. The van der Waals surface area contributed by atoms with Crippen LogP contribution in [0.2, 0.25) is 0 Å². The molecule has 0 amide bonds. The van der Waals surface area contributed by atoms with Gasteiger partial charge in [-0.3, -0.25) is 9.36 Å². The smallest absolute Gasteiger partial charge is 0.267 e. The van der Waals surface area contributed by atoms with Gasteiger partial charge in [-0.25, -0.2) is 8.78 Å². The Labute approximate surface area is 178 Å². The predicted molar refractivity (Wildman–Crippen MR) is 121 cm³/mol. The SMILES string of the molecule is C/C=C(/F)CC/C=C\Cc1csc2[nH]c(=S)n(-c3ccc(F)cc3)c(=O)c12.CC. The first-order chi connectivity index (χ1) is 14.0. The molecule has 29 heavy (non-hydrogen) atoms. The molecule has 1 N–H and O–H groups in total. The van der Waals surface area contributed by atoms with E-state index in [4.69, 9.17) is 12.2 Å². The van der Waals surface area contributed by atoms with Crippen molar-refractivity contribution < 1.29 is 8.78 Å². The molecule has 0 unspecified atom stereocenters. The number of aromatic nitrogens is 2. The van der Waals surface area contributed by atoms with Crippen molar-refractivity contribution >= 4 is 33.8 Å². The number of thiophene rings is 1. The lowest BCUT2D eigenvalue weighted by atomic mass is 10.1. The van der Waals surface area contributed by atoms with Crippen LogP contribution < -0.4 is 5.56 Å². The maximum absolute atomic E-state index is 13.2. The van der Waals surface area contributed by atoms with E-state index in [1.165, 1.54) is 46.2 Å². The van der Waals surface area contributed by atoms with Gasteiger partial charge >= 0.3 is 0 Å². The highest BCUT2D eigenvalue weighted by molar-refractivity contribution is 7.71. The average molecular weight is 435 g/mol. The van der Waals surface area contributed by atoms with Crippen LogP contribution in [-0.2, 0) is 6.42 Å². The number of allylic oxidation sites excluding steroid dienone is 4. The summed E-state index contributed by atoms with van der Waals surface area (Å²) in [6, 6.07) is 5.63. The second-order valence-corrected chi connectivity index (χ2v) is 7.23. The fourth-order valence-electron chi connectivity index (χ4n) is 2.75. The second-order valence-electron chi connectivity index (χ2n) is 5.96. The molecule has 0 saturated carbocycles. The van der Waals surface area contributed by atoms with Gasteiger partial charge in [-0.1, -0.05) is 32.1 Å². The van der Waals surface area contributed by atoms with Crippen LogP contribution in [0.1, 0.15) is 39.2 Å². The van der Waals surface area contributed by atoms with Gasteiger partial charge in [-0.05, 0) is 67.2 Å². The standard InChI is InChI=1S/C20H18F2N2OS2.C2H6/c1-2-14(21)7-5-3-4-6-13-12-27-18-17(13)19(25)24(20(26)23-18)16-10-8-15(22)9-11-16;1-2/h2-4,8-12H,5-7H2,1H3,(H,23,26);1-2H3/b4-3-,14-2+;. The molecular weight excluding hydrogens is 410 g/mol. The number of hydrogen-bond acceptors (Lipinski definition) is 3. The minimum Gasteiger partial charge on any atom is -0.323 e. The van der Waals surface area contributed by atoms with E-state index in [1.807, 2.05) is 31.4 Å². The summed E-state index contributed by atoms with van der Waals surface area (Å²) in [5.74, 6) is -0.506. The van der Waals surface area contributed by atoms with Gasteiger partial charge in [0.15, 0.2) is 4.77 Å². The molecule has 0 aliphatic rings. The van der Waals surface area contributed by atoms with Crippen LogP contribution in [0.15, 0.2) is 58.5 Å². The fraction of sp³-hybridized carbons (Fsp3) is 0.273. The first-order valence-corrected chi connectivity index (χ1v) is 10.8. The van der Waals surface area contributed by atoms with Crippen LogP contribution in [0.25, 0.3) is 15.9 Å². The molecule has 0 atom stereocenters. The number of H-pyrrole nitrogens is 1. The normalized spacial score (nSPS) is 11.7. The second kappa shape index (κ2) is 11.0. The topological polar surface area (TPSA) is 37.8 Å². The minimum absolute atomic E-state index is 0.129. The van der Waals surface area contributed by atoms with E-state index >= 15 is 0 Å². The van der Waals surface area contributed by atoms with E-state index in [0.717, 1.165) is 5.56 Å². The number of hydrogen-bond donors (Lipinski definition) is 1. The van der Waals surface area contributed by atoms with Crippen LogP contribution >= 0.6 is 23.6 Å². The zero-order valence-electron chi connectivity index (χ0n) is 16.7. The third-order valence-electron chi connectivity index (χ3n) is 4.16. The third kappa shape index (κ3) is 5.58. The van der Waals surface area contributed by atoms with Crippen LogP contribution in [0.3, 0.4) is 0 Å². The van der Waals surface area contributed by atoms with Gasteiger partial charge in [0, 0.05) is 6.42 Å². The Morgan fingerprint density at radius 3 is 2.59 bits per heavy atom. The Balaban J connectivity index is 0.00000145. The molecule has 154 valence electrons. The van der Waals surface area contributed by atoms with E-state index in [9.17, 15) is 13.6 Å². The molecule has 7 heteroatoms. The van der Waals surface area contributed by atoms with E-state index in [1.54, 1.807) is 6.92 Å². The van der Waals surface area contributed by atoms with Crippen molar-refractivity contribution in [3.05, 3.63) is 80.2 Å². The first kappa shape index (κ1) is 22.9. The lowest BCUT2D eigenvalue weighted by Gasteiger charge is -2.07. The number of fused-ring (bicyclic) bond motifs is 1. The minimum atomic E-state index is -0.376. The number of nitrogens with one attached hydrogen (secondary N) is 1. The van der Waals surface area contributed by atoms with Gasteiger partial charge in [0.1, 0.15) is 10.6 Å². The van der Waals surface area contributed by atoms with Gasteiger partial charge in [0.2, 0.25) is 0 Å². The van der Waals surface area contributed by atoms with Crippen molar-refractivity contribution in [1.29, 1.82) is 0 Å². The lowest BCUT2D eigenvalue weighted by Crippen LogP contribution is -2.20. The fourth-order valence-corrected chi connectivity index (χ4v) is 4.07. The summed E-state index contributed by atoms with van der Waals surface area (Å²) >= 11 is 6.74. The highest BCUT2D eigenvalue weighted by atomic mass is 32.1. The molecule has 2 aromatic heterocycles. The van der Waals surface area contributed by atoms with E-state index in [-0.39, 0.29) is 22.0 Å². The molecule has 0 aliphatic heterocycles. The number of aromatic amines is 1. The number of rotatable bonds is 6. The van der Waals surface area contributed by atoms with Gasteiger partial charge < -0.3 is 4.98 Å². The molecule has 2 heterocycles. The zero-order valence-corrected chi connectivity index (χ0v) is 18.3. The van der Waals surface area contributed by atoms with Crippen molar-refractivity contribution in [2.24, 2.45) is 0 Å². The molecular formula is C22H24F2N2OS2. The Kier molecular flexibility index (Phi) is 8.67. The predicted octanol–water partition coefficient (Wildman–Crippen LogP) is 7.03. The van der Waals surface area contributed by atoms with Crippen molar-refractivity contribution in [1.82, 2.24) is 9.55 Å². The van der Waals surface area contributed by atoms with Crippen molar-refractivity contribution in [3.63, 3.8) is 0 Å². The van der Waals surface area contributed by atoms with Crippen LogP contribution in [-0.4, -0.2) is 9.55 Å². The average Bonchev–Trinajstić information content (AvgIpc) is 3.13. The molecule has 3 nitrogen and oxygen atoms in total. The van der Waals surface area contributed by atoms with E-state index in [0.29, 0.717) is 35.2 Å². The third-order valence-corrected chi connectivity index (χ3v) is 5.39. The Hall–Kier alpha value is -2.38. The molecule has 0 bridgehead atoms. The number of nitrogens with zero attached hydrogens (tertiary/aromatic N) is 1. The summed E-state index contributed by atoms with van der Waals surface area (Å²) in [7, 11) is 0. The van der Waals surface area contributed by atoms with Crippen molar-refractivity contribution in [2.45, 2.75) is 40.0 Å². The summed E-state index contributed by atoms with van der Waals surface area (Å²) in [6.45, 7) is 5.67. The molecule has 0 saturated heterocycles. The molecule has 1 aromatic carbocycles. The first-order valence-electron chi connectivity index (χ1n) is 9.48. The Morgan fingerprint density at radius 2 is 1.93 bits per heavy atom. The van der Waals surface area contributed by atoms with Crippen LogP contribution in [0.5, 0.6) is 0 Å².